The summed E-state index contributed by atoms with van der Waals surface area (Å²) in [6.45, 7) is 0.552. The third kappa shape index (κ3) is 5.43. The third-order valence-corrected chi connectivity index (χ3v) is 9.37. The first-order chi connectivity index (χ1) is 20.1. The Morgan fingerprint density at radius 1 is 0.976 bits per heavy atom. The summed E-state index contributed by atoms with van der Waals surface area (Å²) in [4.78, 5) is 32.8. The first-order valence-corrected chi connectivity index (χ1v) is 15.4. The fourth-order valence-corrected chi connectivity index (χ4v) is 7.31. The van der Waals surface area contributed by atoms with Crippen LogP contribution in [0, 0.1) is 0 Å². The summed E-state index contributed by atoms with van der Waals surface area (Å²) < 4.78 is 7.38. The Kier molecular flexibility index (Phi) is 7.97. The SMILES string of the molecule is COc1ccccc1-n1c(SCC(=O)NCCc2ccccc2)nc2c(c1=O)C1(CCCCC1)Cc1ccccc1-2. The number of hydrogen-bond acceptors (Lipinski definition) is 5. The number of aromatic nitrogens is 2. The molecule has 1 N–H and O–H groups in total. The molecular weight excluding hydrogens is 530 g/mol. The van der Waals surface area contributed by atoms with E-state index in [4.69, 9.17) is 9.72 Å². The summed E-state index contributed by atoms with van der Waals surface area (Å²) in [7, 11) is 1.61. The average Bonchev–Trinajstić information content (AvgIpc) is 3.01. The number of fused-ring (bicyclic) bond motifs is 4. The van der Waals surface area contributed by atoms with Crippen molar-refractivity contribution in [1.29, 1.82) is 0 Å². The highest BCUT2D eigenvalue weighted by Gasteiger charge is 2.43. The molecule has 1 saturated carbocycles. The molecule has 1 heterocycles. The fourth-order valence-electron chi connectivity index (χ4n) is 6.48. The zero-order chi connectivity index (χ0) is 28.2. The maximum atomic E-state index is 14.7. The van der Waals surface area contributed by atoms with E-state index in [2.05, 4.69) is 35.6 Å². The van der Waals surface area contributed by atoms with Crippen LogP contribution in [-0.4, -0.2) is 34.9 Å². The Morgan fingerprint density at radius 3 is 2.51 bits per heavy atom. The fraction of sp³-hybridized carbons (Fsp3) is 0.324. The summed E-state index contributed by atoms with van der Waals surface area (Å²) >= 11 is 1.30. The number of carbonyl (C=O) groups excluding carboxylic acids is 1. The summed E-state index contributed by atoms with van der Waals surface area (Å²) in [5.41, 5.74) is 5.41. The van der Waals surface area contributed by atoms with Gasteiger partial charge < -0.3 is 10.1 Å². The third-order valence-electron chi connectivity index (χ3n) is 8.43. The van der Waals surface area contributed by atoms with Crippen molar-refractivity contribution in [3.05, 3.63) is 106 Å². The van der Waals surface area contributed by atoms with Crippen LogP contribution in [0.15, 0.2) is 88.8 Å². The molecule has 210 valence electrons. The van der Waals surface area contributed by atoms with Crippen LogP contribution in [0.2, 0.25) is 0 Å². The standard InChI is InChI=1S/C34H35N3O3S/c1-40-28-17-9-8-16-27(28)37-32(39)30-31(26-15-7-6-14-25(26)22-34(30)19-10-3-11-20-34)36-33(37)41-23-29(38)35-21-18-24-12-4-2-5-13-24/h2,4-9,12-17H,3,10-11,18-23H2,1H3,(H,35,38). The van der Waals surface area contributed by atoms with Crippen LogP contribution in [0.25, 0.3) is 16.9 Å². The molecule has 1 amide bonds. The lowest BCUT2D eigenvalue weighted by atomic mass is 9.62. The number of benzene rings is 3. The minimum Gasteiger partial charge on any atom is -0.495 e. The predicted molar refractivity (Wildman–Crippen MR) is 164 cm³/mol. The molecule has 1 fully saturated rings. The second-order valence-electron chi connectivity index (χ2n) is 11.0. The maximum absolute atomic E-state index is 14.7. The van der Waals surface area contributed by atoms with E-state index in [0.717, 1.165) is 55.3 Å². The van der Waals surface area contributed by atoms with Crippen LogP contribution in [-0.2, 0) is 23.1 Å². The number of thioether (sulfide) groups is 1. The molecule has 2 aliphatic carbocycles. The van der Waals surface area contributed by atoms with E-state index in [-0.39, 0.29) is 22.6 Å². The van der Waals surface area contributed by atoms with Crippen molar-refractivity contribution in [2.45, 2.75) is 55.5 Å². The molecule has 0 atom stereocenters. The highest BCUT2D eigenvalue weighted by molar-refractivity contribution is 7.99. The Balaban J connectivity index is 1.40. The van der Waals surface area contributed by atoms with Crippen LogP contribution in [0.4, 0.5) is 0 Å². The van der Waals surface area contributed by atoms with E-state index in [1.165, 1.54) is 29.3 Å². The number of nitrogens with zero attached hydrogens (tertiary/aromatic N) is 2. The topological polar surface area (TPSA) is 73.2 Å². The van der Waals surface area contributed by atoms with Gasteiger partial charge in [-0.15, -0.1) is 0 Å². The van der Waals surface area contributed by atoms with Gasteiger partial charge in [0.2, 0.25) is 5.91 Å². The van der Waals surface area contributed by atoms with Gasteiger partial charge in [0, 0.05) is 17.5 Å². The van der Waals surface area contributed by atoms with Gasteiger partial charge in [-0.1, -0.05) is 97.8 Å². The molecule has 0 saturated heterocycles. The number of hydrogen-bond donors (Lipinski definition) is 1. The maximum Gasteiger partial charge on any atom is 0.263 e. The summed E-state index contributed by atoms with van der Waals surface area (Å²) in [5, 5.41) is 3.52. The van der Waals surface area contributed by atoms with Crippen LogP contribution < -0.4 is 15.6 Å². The van der Waals surface area contributed by atoms with Crippen molar-refractivity contribution < 1.29 is 9.53 Å². The highest BCUT2D eigenvalue weighted by atomic mass is 32.2. The first kappa shape index (κ1) is 27.3. The smallest absolute Gasteiger partial charge is 0.263 e. The number of ether oxygens (including phenoxy) is 1. The molecule has 1 aromatic heterocycles. The van der Waals surface area contributed by atoms with Gasteiger partial charge in [0.05, 0.1) is 29.8 Å². The molecule has 0 aliphatic heterocycles. The minimum atomic E-state index is -0.228. The van der Waals surface area contributed by atoms with Crippen molar-refractivity contribution in [2.75, 3.05) is 19.4 Å². The number of nitrogens with one attached hydrogen (secondary N) is 1. The van der Waals surface area contributed by atoms with Crippen molar-refractivity contribution in [1.82, 2.24) is 14.9 Å². The summed E-state index contributed by atoms with van der Waals surface area (Å²) in [5.74, 6) is 0.662. The van der Waals surface area contributed by atoms with E-state index in [1.54, 1.807) is 11.7 Å². The van der Waals surface area contributed by atoms with Gasteiger partial charge in [0.1, 0.15) is 5.75 Å². The molecule has 41 heavy (non-hydrogen) atoms. The highest BCUT2D eigenvalue weighted by Crippen LogP contribution is 2.49. The lowest BCUT2D eigenvalue weighted by Crippen LogP contribution is -2.43. The van der Waals surface area contributed by atoms with E-state index in [9.17, 15) is 9.59 Å². The zero-order valence-electron chi connectivity index (χ0n) is 23.4. The van der Waals surface area contributed by atoms with Crippen LogP contribution in [0.5, 0.6) is 5.75 Å². The normalized spacial score (nSPS) is 15.1. The van der Waals surface area contributed by atoms with E-state index in [0.29, 0.717) is 23.1 Å². The molecule has 1 spiro atoms. The molecule has 7 heteroatoms. The van der Waals surface area contributed by atoms with Gasteiger partial charge in [-0.2, -0.15) is 0 Å². The Bertz CT molecular complexity index is 1610. The Labute approximate surface area is 245 Å². The number of rotatable bonds is 8. The van der Waals surface area contributed by atoms with E-state index >= 15 is 0 Å². The van der Waals surface area contributed by atoms with E-state index < -0.39 is 0 Å². The quantitative estimate of drug-likeness (QED) is 0.206. The summed E-state index contributed by atoms with van der Waals surface area (Å²) in [6, 6.07) is 26.0. The first-order valence-electron chi connectivity index (χ1n) is 14.4. The Hall–Kier alpha value is -3.84. The molecule has 0 radical (unpaired) electrons. The Morgan fingerprint density at radius 2 is 1.71 bits per heavy atom. The average molecular weight is 566 g/mol. The van der Waals surface area contributed by atoms with Crippen molar-refractivity contribution in [3.63, 3.8) is 0 Å². The lowest BCUT2D eigenvalue weighted by molar-refractivity contribution is -0.118. The van der Waals surface area contributed by atoms with Crippen molar-refractivity contribution in [3.8, 4) is 22.7 Å². The number of methoxy groups -OCH3 is 1. The number of carbonyl (C=O) groups is 1. The van der Waals surface area contributed by atoms with Gasteiger partial charge >= 0.3 is 0 Å². The molecule has 3 aromatic carbocycles. The molecule has 0 unspecified atom stereocenters. The van der Waals surface area contributed by atoms with E-state index in [1.807, 2.05) is 48.5 Å². The van der Waals surface area contributed by atoms with Crippen LogP contribution >= 0.6 is 11.8 Å². The zero-order valence-corrected chi connectivity index (χ0v) is 24.2. The largest absolute Gasteiger partial charge is 0.495 e. The lowest BCUT2D eigenvalue weighted by Gasteiger charge is -2.42. The molecule has 2 aliphatic rings. The molecule has 6 nitrogen and oxygen atoms in total. The monoisotopic (exact) mass is 565 g/mol. The van der Waals surface area contributed by atoms with Gasteiger partial charge in [-0.05, 0) is 48.9 Å². The van der Waals surface area contributed by atoms with Crippen molar-refractivity contribution >= 4 is 17.7 Å². The second-order valence-corrected chi connectivity index (χ2v) is 11.9. The second kappa shape index (κ2) is 12.0. The van der Waals surface area contributed by atoms with Crippen molar-refractivity contribution in [2.24, 2.45) is 0 Å². The molecule has 0 bridgehead atoms. The molecule has 6 rings (SSSR count). The van der Waals surface area contributed by atoms with Gasteiger partial charge in [-0.3, -0.25) is 14.2 Å². The minimum absolute atomic E-state index is 0.0529. The predicted octanol–water partition coefficient (Wildman–Crippen LogP) is 6.12. The van der Waals surface area contributed by atoms with Gasteiger partial charge in [0.25, 0.3) is 5.56 Å². The van der Waals surface area contributed by atoms with Crippen LogP contribution in [0.1, 0.15) is 48.8 Å². The van der Waals surface area contributed by atoms with Crippen LogP contribution in [0.3, 0.4) is 0 Å². The van der Waals surface area contributed by atoms with Gasteiger partial charge in [0.15, 0.2) is 5.16 Å². The molecule has 4 aromatic rings. The molecular formula is C34H35N3O3S. The van der Waals surface area contributed by atoms with Gasteiger partial charge in [-0.25, -0.2) is 4.98 Å². The summed E-state index contributed by atoms with van der Waals surface area (Å²) in [6.07, 6.45) is 6.99. The number of amides is 1. The number of para-hydroxylation sites is 2.